The van der Waals surface area contributed by atoms with Crippen molar-refractivity contribution < 1.29 is 4.42 Å². The Labute approximate surface area is 417 Å². The normalized spacial score (nSPS) is 13.1. The van der Waals surface area contributed by atoms with E-state index in [4.69, 9.17) is 4.42 Å². The zero-order chi connectivity index (χ0) is 48.7. The van der Waals surface area contributed by atoms with E-state index < -0.39 is 0 Å². The van der Waals surface area contributed by atoms with Gasteiger partial charge in [-0.3, -0.25) is 0 Å². The Morgan fingerprint density at radius 3 is 1.55 bits per heavy atom. The number of benzene rings is 10. The van der Waals surface area contributed by atoms with E-state index in [0.717, 1.165) is 33.3 Å². The van der Waals surface area contributed by atoms with Gasteiger partial charge >= 0.3 is 6.85 Å². The molecule has 10 aromatic carbocycles. The lowest BCUT2D eigenvalue weighted by Gasteiger charge is -2.38. The summed E-state index contributed by atoms with van der Waals surface area (Å²) in [6.45, 7) is 20.7. The molecule has 0 spiro atoms. The fraction of sp³-hybridized carbons (Fsp3) is 0.164. The van der Waals surface area contributed by atoms with Gasteiger partial charge in [-0.05, 0) is 175 Å². The monoisotopic (exact) mass is 916 g/mol. The molecule has 12 aromatic rings. The van der Waals surface area contributed by atoms with Gasteiger partial charge in [0.25, 0.3) is 0 Å². The van der Waals surface area contributed by atoms with E-state index in [2.05, 4.69) is 254 Å². The molecule has 4 heteroatoms. The summed E-state index contributed by atoms with van der Waals surface area (Å²) in [7, 11) is 0. The maximum absolute atomic E-state index is 6.90. The highest BCUT2D eigenvalue weighted by Crippen LogP contribution is 2.47. The standard InChI is InChI=1S/C67H57BN2O/c1-40-30-48(67(7,8)9)35-57-55-34-47(66(4,5)6)28-29-60(55)70(65(40)57)68-58-36-53-41(2)50-24-16-17-25-51(50)42(3)54(53)37-61(58)69(62-38-56-52-26-18-19-27-63(52)71-64(56)39-59(62)68)49-32-45(43-20-12-10-13-21-43)31-46(33-49)44-22-14-11-15-23-44/h10-39H,1-9H3. The number of fused-ring (bicyclic) bond motifs is 10. The van der Waals surface area contributed by atoms with Crippen LogP contribution in [0.4, 0.5) is 17.1 Å². The number of furan rings is 1. The molecule has 2 aromatic heterocycles. The van der Waals surface area contributed by atoms with Crippen LogP contribution in [0.25, 0.3) is 87.5 Å². The molecule has 3 nitrogen and oxygen atoms in total. The SMILES string of the molecule is Cc1c2ccccc2c(C)c2cc3c(cc12)B(n1c2ccc(C(C)(C)C)cc2c2cc(C(C)(C)C)cc(C)c21)c1cc2oc4ccccc4c2cc1N3c1cc(-c2ccccc2)cc(-c2ccccc2)c1. The van der Waals surface area contributed by atoms with Crippen molar-refractivity contribution in [2.75, 3.05) is 4.90 Å². The van der Waals surface area contributed by atoms with E-state index in [9.17, 15) is 0 Å². The molecule has 1 aliphatic rings. The Hall–Kier alpha value is -7.82. The average molecular weight is 917 g/mol. The van der Waals surface area contributed by atoms with Crippen LogP contribution in [0.5, 0.6) is 0 Å². The first-order valence-corrected chi connectivity index (χ1v) is 25.3. The minimum Gasteiger partial charge on any atom is -0.456 e. The van der Waals surface area contributed by atoms with E-state index in [-0.39, 0.29) is 17.7 Å². The molecule has 71 heavy (non-hydrogen) atoms. The van der Waals surface area contributed by atoms with Gasteiger partial charge in [0, 0.05) is 49.6 Å². The summed E-state index contributed by atoms with van der Waals surface area (Å²) < 4.78 is 9.60. The summed E-state index contributed by atoms with van der Waals surface area (Å²) in [5.74, 6) is 0. The van der Waals surface area contributed by atoms with Crippen LogP contribution in [-0.2, 0) is 10.8 Å². The summed E-state index contributed by atoms with van der Waals surface area (Å²) in [5.41, 5.74) is 21.3. The average Bonchev–Trinajstić information content (AvgIpc) is 3.91. The van der Waals surface area contributed by atoms with Crippen LogP contribution in [0.15, 0.2) is 186 Å². The quantitative estimate of drug-likeness (QED) is 0.130. The second kappa shape index (κ2) is 15.6. The molecule has 0 amide bonds. The maximum Gasteiger partial charge on any atom is 0.332 e. The van der Waals surface area contributed by atoms with E-state index in [1.165, 1.54) is 110 Å². The van der Waals surface area contributed by atoms with Crippen LogP contribution < -0.4 is 15.8 Å². The molecule has 0 aliphatic carbocycles. The maximum atomic E-state index is 6.90. The van der Waals surface area contributed by atoms with E-state index in [1.54, 1.807) is 0 Å². The van der Waals surface area contributed by atoms with Crippen molar-refractivity contribution in [3.63, 3.8) is 0 Å². The van der Waals surface area contributed by atoms with Crippen molar-refractivity contribution in [2.24, 2.45) is 0 Å². The molecule has 0 fully saturated rings. The van der Waals surface area contributed by atoms with Crippen molar-refractivity contribution >= 4 is 100 Å². The molecule has 0 N–H and O–H groups in total. The highest BCUT2D eigenvalue weighted by atomic mass is 16.3. The van der Waals surface area contributed by atoms with Crippen LogP contribution in [0, 0.1) is 20.8 Å². The van der Waals surface area contributed by atoms with Crippen LogP contribution in [0.1, 0.15) is 69.4 Å². The molecule has 13 rings (SSSR count). The minimum absolute atomic E-state index is 0.0271. The lowest BCUT2D eigenvalue weighted by Crippen LogP contribution is -2.54. The lowest BCUT2D eigenvalue weighted by atomic mass is 9.47. The van der Waals surface area contributed by atoms with Gasteiger partial charge in [0.1, 0.15) is 11.2 Å². The third-order valence-electron chi connectivity index (χ3n) is 15.8. The largest absolute Gasteiger partial charge is 0.456 e. The number of aryl methyl sites for hydroxylation is 3. The number of hydrogen-bond acceptors (Lipinski definition) is 2. The Morgan fingerprint density at radius 2 is 0.930 bits per heavy atom. The third-order valence-corrected chi connectivity index (χ3v) is 15.8. The van der Waals surface area contributed by atoms with Crippen molar-refractivity contribution in [3.05, 3.63) is 210 Å². The molecule has 0 saturated carbocycles. The summed E-state index contributed by atoms with van der Waals surface area (Å²) in [6.07, 6.45) is 0. The molecule has 1 aliphatic heterocycles. The smallest absolute Gasteiger partial charge is 0.332 e. The lowest BCUT2D eigenvalue weighted by molar-refractivity contribution is 0.590. The van der Waals surface area contributed by atoms with Crippen molar-refractivity contribution in [2.45, 2.75) is 73.1 Å². The second-order valence-electron chi connectivity index (χ2n) is 22.3. The van der Waals surface area contributed by atoms with Crippen LogP contribution >= 0.6 is 0 Å². The Balaban J connectivity index is 1.22. The zero-order valence-electron chi connectivity index (χ0n) is 42.2. The van der Waals surface area contributed by atoms with Crippen LogP contribution in [0.2, 0.25) is 0 Å². The minimum atomic E-state index is -0.227. The van der Waals surface area contributed by atoms with Gasteiger partial charge < -0.3 is 13.8 Å². The molecule has 0 atom stereocenters. The molecule has 3 heterocycles. The van der Waals surface area contributed by atoms with Gasteiger partial charge in [-0.1, -0.05) is 163 Å². The Bertz CT molecular complexity index is 4100. The van der Waals surface area contributed by atoms with E-state index >= 15 is 0 Å². The van der Waals surface area contributed by atoms with Crippen molar-refractivity contribution in [1.29, 1.82) is 0 Å². The first kappa shape index (κ1) is 43.2. The zero-order valence-corrected chi connectivity index (χ0v) is 42.2. The summed E-state index contributed by atoms with van der Waals surface area (Å²) in [6, 6.07) is 68.4. The highest BCUT2D eigenvalue weighted by molar-refractivity contribution is 6.88. The van der Waals surface area contributed by atoms with E-state index in [0.29, 0.717) is 0 Å². The molecule has 0 bridgehead atoms. The molecule has 0 radical (unpaired) electrons. The molecule has 0 saturated heterocycles. The number of nitrogens with zero attached hydrogens (tertiary/aromatic N) is 2. The number of rotatable bonds is 4. The number of anilines is 3. The van der Waals surface area contributed by atoms with Crippen LogP contribution in [0.3, 0.4) is 0 Å². The fourth-order valence-electron chi connectivity index (χ4n) is 12.0. The van der Waals surface area contributed by atoms with Gasteiger partial charge in [0.05, 0.1) is 0 Å². The number of para-hydroxylation sites is 1. The van der Waals surface area contributed by atoms with Crippen LogP contribution in [-0.4, -0.2) is 11.3 Å². The highest BCUT2D eigenvalue weighted by Gasteiger charge is 2.40. The summed E-state index contributed by atoms with van der Waals surface area (Å²) >= 11 is 0. The van der Waals surface area contributed by atoms with Gasteiger partial charge in [0.15, 0.2) is 0 Å². The van der Waals surface area contributed by atoms with Gasteiger partial charge in [0.2, 0.25) is 0 Å². The van der Waals surface area contributed by atoms with E-state index in [1.807, 2.05) is 0 Å². The predicted molar refractivity (Wildman–Crippen MR) is 306 cm³/mol. The summed E-state index contributed by atoms with van der Waals surface area (Å²) in [5, 5.41) is 9.96. The van der Waals surface area contributed by atoms with Crippen molar-refractivity contribution in [3.8, 4) is 22.3 Å². The summed E-state index contributed by atoms with van der Waals surface area (Å²) in [4.78, 5) is 2.58. The first-order valence-electron chi connectivity index (χ1n) is 25.3. The molecular weight excluding hydrogens is 860 g/mol. The number of hydrogen-bond donors (Lipinski definition) is 0. The molecular formula is C67H57BN2O. The van der Waals surface area contributed by atoms with Crippen molar-refractivity contribution in [1.82, 2.24) is 4.48 Å². The second-order valence-corrected chi connectivity index (χ2v) is 22.3. The molecule has 344 valence electrons. The molecule has 0 unspecified atom stereocenters. The topological polar surface area (TPSA) is 21.3 Å². The predicted octanol–water partition coefficient (Wildman–Crippen LogP) is 17.3. The Kier molecular flexibility index (Phi) is 9.49. The first-order chi connectivity index (χ1) is 34.2. The number of aromatic nitrogens is 1. The van der Waals surface area contributed by atoms with Gasteiger partial charge in [-0.2, -0.15) is 0 Å². The van der Waals surface area contributed by atoms with Gasteiger partial charge in [-0.15, -0.1) is 0 Å². The van der Waals surface area contributed by atoms with Gasteiger partial charge in [-0.25, -0.2) is 0 Å². The Morgan fingerprint density at radius 1 is 0.394 bits per heavy atom. The third kappa shape index (κ3) is 6.71. The fourth-order valence-corrected chi connectivity index (χ4v) is 12.0.